The summed E-state index contributed by atoms with van der Waals surface area (Å²) in [5.74, 6) is 2.30. The van der Waals surface area contributed by atoms with Gasteiger partial charge in [-0.05, 0) is 6.42 Å². The Balaban J connectivity index is 0.00000289. The first-order chi connectivity index (χ1) is 14.8. The van der Waals surface area contributed by atoms with Gasteiger partial charge in [-0.3, -0.25) is 0 Å². The van der Waals surface area contributed by atoms with Crippen molar-refractivity contribution in [2.75, 3.05) is 6.61 Å². The summed E-state index contributed by atoms with van der Waals surface area (Å²) in [4.78, 5) is 12.7. The van der Waals surface area contributed by atoms with Gasteiger partial charge in [-0.15, -0.1) is 24.0 Å². The molecule has 1 aliphatic heterocycles. The van der Waals surface area contributed by atoms with Crippen molar-refractivity contribution < 1.29 is 9.53 Å². The van der Waals surface area contributed by atoms with Crippen molar-refractivity contribution in [1.82, 2.24) is 0 Å². The topological polar surface area (TPSA) is 29.6 Å². The molecule has 0 amide bonds. The molecule has 4 aliphatic rings. The Morgan fingerprint density at radius 2 is 2.09 bits per heavy atom. The molecule has 3 radical (unpaired) electrons. The molecule has 3 aliphatic carbocycles. The van der Waals surface area contributed by atoms with E-state index in [1.165, 1.54) is 25.7 Å². The Hall–Kier alpha value is 0.242. The van der Waals surface area contributed by atoms with Crippen LogP contribution in [0.25, 0.3) is 0 Å². The van der Waals surface area contributed by atoms with E-state index in [1.807, 2.05) is 0 Å². The molecule has 2 saturated carbocycles. The number of Topliss-reactive ketones (excluding diaryl/α,β-unsaturated/α-hetero) is 1. The van der Waals surface area contributed by atoms with E-state index in [4.69, 9.17) is 4.74 Å². The van der Waals surface area contributed by atoms with Crippen LogP contribution in [-0.2, 0) is 9.53 Å². The van der Waals surface area contributed by atoms with E-state index < -0.39 is 0 Å². The molecule has 3 fully saturated rings. The van der Waals surface area contributed by atoms with Crippen LogP contribution in [-0.4, -0.2) is 43.8 Å². The van der Waals surface area contributed by atoms with Gasteiger partial charge in [0.25, 0.3) is 0 Å². The Morgan fingerprint density at radius 3 is 2.78 bits per heavy atom. The van der Waals surface area contributed by atoms with Gasteiger partial charge >= 0.3 is 170 Å². The summed E-state index contributed by atoms with van der Waals surface area (Å²) in [5, 5.41) is 0. The molecule has 0 spiro atoms. The number of hydrogen-bond acceptors (Lipinski definition) is 2. The molecule has 1 heterocycles. The Bertz CT molecular complexity index is 834. The number of carbonyl (C=O) groups excluding carboxylic acids is 1. The summed E-state index contributed by atoms with van der Waals surface area (Å²) < 4.78 is 5.96. The molecule has 0 aromatic heterocycles. The van der Waals surface area contributed by atoms with Crippen LogP contribution in [0, 0.1) is 23.2 Å². The van der Waals surface area contributed by atoms with Crippen LogP contribution in [0.5, 0.6) is 0 Å². The van der Waals surface area contributed by atoms with Crippen molar-refractivity contribution in [2.24, 2.45) is 23.2 Å². The zero-order chi connectivity index (χ0) is 22.2. The number of allylic oxidation sites excluding steroid dienone is 7. The Morgan fingerprint density at radius 1 is 1.34 bits per heavy atom. The molecule has 6 atom stereocenters. The van der Waals surface area contributed by atoms with E-state index in [0.29, 0.717) is 32.4 Å². The fraction of sp³-hybridized carbons (Fsp3) is 0.679. The second kappa shape index (κ2) is 10.9. The summed E-state index contributed by atoms with van der Waals surface area (Å²) in [5.41, 5.74) is 4.69. The first-order valence-electron chi connectivity index (χ1n) is 12.4. The van der Waals surface area contributed by atoms with Gasteiger partial charge in [0, 0.05) is 0 Å². The average molecular weight is 743 g/mol. The third-order valence-corrected chi connectivity index (χ3v) is 10.4. The summed E-state index contributed by atoms with van der Waals surface area (Å²) in [6.07, 6.45) is 21.0. The second-order valence-electron chi connectivity index (χ2n) is 10.9. The zero-order valence-corrected chi connectivity index (χ0v) is 26.5. The number of hydrogen-bond donors (Lipinski definition) is 0. The average Bonchev–Trinajstić information content (AvgIpc) is 3.42. The van der Waals surface area contributed by atoms with Gasteiger partial charge in [0.15, 0.2) is 0 Å². The first kappa shape index (κ1) is 26.8. The molecule has 1 saturated heterocycles. The monoisotopic (exact) mass is 743 g/mol. The second-order valence-corrected chi connectivity index (χ2v) is 13.6. The molecule has 2 nitrogen and oxygen atoms in total. The van der Waals surface area contributed by atoms with E-state index in [0.717, 1.165) is 63.6 Å². The summed E-state index contributed by atoms with van der Waals surface area (Å²) in [6, 6.07) is 0. The van der Waals surface area contributed by atoms with Crippen molar-refractivity contribution in [1.29, 1.82) is 0 Å². The van der Waals surface area contributed by atoms with Gasteiger partial charge in [-0.25, -0.2) is 0 Å². The molecule has 4 rings (SSSR count). The molecule has 32 heavy (non-hydrogen) atoms. The Labute approximate surface area is 228 Å². The van der Waals surface area contributed by atoms with Crippen LogP contribution >= 0.6 is 24.0 Å². The van der Waals surface area contributed by atoms with Crippen LogP contribution in [0.4, 0.5) is 0 Å². The normalized spacial score (nSPS) is 40.3. The number of fused-ring (bicyclic) bond motifs is 1. The fourth-order valence-electron chi connectivity index (χ4n) is 6.39. The van der Waals surface area contributed by atoms with Crippen molar-refractivity contribution in [3.8, 4) is 0 Å². The molecule has 175 valence electrons. The maximum atomic E-state index is 12.7. The first-order valence-corrected chi connectivity index (χ1v) is 14.7. The van der Waals surface area contributed by atoms with Gasteiger partial charge in [0.05, 0.1) is 6.61 Å². The maximum absolute atomic E-state index is 12.7. The number of epoxide rings is 1. The molecule has 0 bridgehead atoms. The number of ether oxygens (including phenoxy) is 1. The summed E-state index contributed by atoms with van der Waals surface area (Å²) in [7, 11) is 0. The predicted octanol–water partition coefficient (Wildman–Crippen LogP) is 7.31. The van der Waals surface area contributed by atoms with E-state index in [1.54, 1.807) is 11.1 Å². The molecule has 4 heteroatoms. The molecule has 6 unspecified atom stereocenters. The molecular formula is C28H40IO2Pb. The van der Waals surface area contributed by atoms with E-state index >= 15 is 0 Å². The molecular weight excluding hydrogens is 702 g/mol. The standard InChI is InChI=1S/C28H39O2.HI.Pb/c1-5-28(19-30-28)17-6-8-21(3)24-13-14-25-22(9-7-16-27(24,25)4)11-12-23-18-20(2)10-15-26(23)29;;/h6,11-13,15,17,20-21,25H,5,7-10,14,16,18-19H2,1-4H3;1H;/b17-6+,22-11+,23-12-;;. The SMILES string of the molecule is CCC1(/C=C/CC(C)C2=CCC3/C(=C/C=C4/CC(C)C[CH]([Pb])C4=O)CCCC23C)CO1.I. The zero-order valence-electron chi connectivity index (χ0n) is 20.3. The molecule has 0 aromatic rings. The minimum absolute atomic E-state index is 0. The smallest absolute Gasteiger partial charge is 0.0806 e. The Kier molecular flexibility index (Phi) is 9.13. The number of carbonyl (C=O) groups is 1. The van der Waals surface area contributed by atoms with Crippen molar-refractivity contribution >= 4 is 55.5 Å². The third-order valence-electron chi connectivity index (χ3n) is 8.50. The van der Waals surface area contributed by atoms with Crippen molar-refractivity contribution in [3.05, 3.63) is 47.1 Å². The van der Waals surface area contributed by atoms with E-state index in [9.17, 15) is 4.79 Å². The fourth-order valence-corrected chi connectivity index (χ4v) is 8.68. The van der Waals surface area contributed by atoms with Crippen molar-refractivity contribution in [2.45, 2.75) is 88.1 Å². The minimum atomic E-state index is 0. The third kappa shape index (κ3) is 5.55. The summed E-state index contributed by atoms with van der Waals surface area (Å²) >= 11 is 0.990. The van der Waals surface area contributed by atoms with E-state index in [-0.39, 0.29) is 29.6 Å². The van der Waals surface area contributed by atoms with Crippen LogP contribution in [0.2, 0.25) is 3.48 Å². The van der Waals surface area contributed by atoms with E-state index in [2.05, 4.69) is 58.1 Å². The van der Waals surface area contributed by atoms with Crippen LogP contribution in [0.15, 0.2) is 47.1 Å². The van der Waals surface area contributed by atoms with Crippen molar-refractivity contribution in [3.63, 3.8) is 0 Å². The van der Waals surface area contributed by atoms with Gasteiger partial charge in [0.1, 0.15) is 5.60 Å². The van der Waals surface area contributed by atoms with Gasteiger partial charge < -0.3 is 4.74 Å². The van der Waals surface area contributed by atoms with Gasteiger partial charge in [-0.1, -0.05) is 13.0 Å². The molecule has 0 aromatic carbocycles. The number of halogens is 1. The quantitative estimate of drug-likeness (QED) is 0.0940. The summed E-state index contributed by atoms with van der Waals surface area (Å²) in [6.45, 7) is 10.3. The minimum Gasteiger partial charge on any atom is -0.365 e. The van der Waals surface area contributed by atoms with Crippen LogP contribution in [0.3, 0.4) is 0 Å². The number of rotatable bonds is 6. The van der Waals surface area contributed by atoms with Crippen LogP contribution < -0.4 is 0 Å². The number of ketones is 1. The van der Waals surface area contributed by atoms with Gasteiger partial charge in [-0.2, -0.15) is 0 Å². The largest absolute Gasteiger partial charge is 0.365 e. The van der Waals surface area contributed by atoms with Gasteiger partial charge in [0.2, 0.25) is 0 Å². The molecule has 0 N–H and O–H groups in total. The predicted molar refractivity (Wildman–Crippen MR) is 145 cm³/mol. The maximum Gasteiger partial charge on any atom is 0.0806 e. The van der Waals surface area contributed by atoms with Crippen LogP contribution in [0.1, 0.15) is 79.1 Å².